The average Bonchev–Trinajstić information content (AvgIpc) is 3.15. The third-order valence-electron chi connectivity index (χ3n) is 3.52. The van der Waals surface area contributed by atoms with Gasteiger partial charge in [0.25, 0.3) is 0 Å². The maximum atomic E-state index is 13.3. The number of benzene rings is 1. The van der Waals surface area contributed by atoms with E-state index < -0.39 is 17.6 Å². The van der Waals surface area contributed by atoms with E-state index in [1.807, 2.05) is 13.8 Å². The van der Waals surface area contributed by atoms with Gasteiger partial charge >= 0.3 is 12.2 Å². The Balaban J connectivity index is 0.000000285. The number of hydrogen-bond donors (Lipinski definition) is 0. The Bertz CT molecular complexity index is 1040. The predicted molar refractivity (Wildman–Crippen MR) is 115 cm³/mol. The molecule has 1 aromatic carbocycles. The summed E-state index contributed by atoms with van der Waals surface area (Å²) in [5.74, 6) is -1.35. The highest BCUT2D eigenvalue weighted by molar-refractivity contribution is 9.11. The summed E-state index contributed by atoms with van der Waals surface area (Å²) in [4.78, 5) is 7.91. The monoisotopic (exact) mass is 634 g/mol. The van der Waals surface area contributed by atoms with Crippen molar-refractivity contribution in [3.63, 3.8) is 0 Å². The molecule has 170 valence electrons. The second-order valence-corrected chi connectivity index (χ2v) is 8.79. The van der Waals surface area contributed by atoms with E-state index >= 15 is 0 Å². The zero-order chi connectivity index (χ0) is 23.5. The van der Waals surface area contributed by atoms with Gasteiger partial charge in [0.05, 0.1) is 11.6 Å². The first kappa shape index (κ1) is 25.7. The molecule has 0 saturated carbocycles. The van der Waals surface area contributed by atoms with Crippen LogP contribution in [0.5, 0.6) is 11.8 Å². The zero-order valence-electron chi connectivity index (χ0n) is 16.6. The van der Waals surface area contributed by atoms with Crippen LogP contribution in [0.15, 0.2) is 32.4 Å². The first-order valence-corrected chi connectivity index (χ1v) is 11.1. The molecule has 0 fully saturated rings. The summed E-state index contributed by atoms with van der Waals surface area (Å²) in [7, 11) is 0. The van der Waals surface area contributed by atoms with Gasteiger partial charge in [-0.2, -0.15) is 23.1 Å². The molecular formula is C17H17Br3F4N6O. The minimum Gasteiger partial charge on any atom is -0.424 e. The molecule has 0 amide bonds. The summed E-state index contributed by atoms with van der Waals surface area (Å²) >= 11 is 9.50. The molecule has 2 aromatic heterocycles. The lowest BCUT2D eigenvalue weighted by Gasteiger charge is -2.12. The number of nitrogens with zero attached hydrogens (tertiary/aromatic N) is 6. The molecular weight excluding hydrogens is 620 g/mol. The Hall–Kier alpha value is -1.54. The van der Waals surface area contributed by atoms with Gasteiger partial charge in [0.15, 0.2) is 4.73 Å². The topological polar surface area (TPSA) is 70.7 Å². The van der Waals surface area contributed by atoms with E-state index in [-0.39, 0.29) is 22.5 Å². The van der Waals surface area contributed by atoms with Gasteiger partial charge in [0.1, 0.15) is 11.6 Å². The van der Waals surface area contributed by atoms with Crippen LogP contribution < -0.4 is 4.74 Å². The molecule has 31 heavy (non-hydrogen) atoms. The largest absolute Gasteiger partial charge is 0.424 e. The molecule has 0 unspecified atom stereocenters. The SMILES string of the molecule is CC(C)n1nc(Br)nc1Br.CC(C)n1nc(Br)nc1Oc1cc(F)cc(C(F)(F)F)c1. The van der Waals surface area contributed by atoms with E-state index in [1.165, 1.54) is 4.68 Å². The van der Waals surface area contributed by atoms with Gasteiger partial charge < -0.3 is 4.74 Å². The van der Waals surface area contributed by atoms with Crippen molar-refractivity contribution in [3.05, 3.63) is 43.8 Å². The highest BCUT2D eigenvalue weighted by Crippen LogP contribution is 2.34. The lowest BCUT2D eigenvalue weighted by molar-refractivity contribution is -0.137. The highest BCUT2D eigenvalue weighted by atomic mass is 79.9. The number of alkyl halides is 3. The number of rotatable bonds is 4. The van der Waals surface area contributed by atoms with Gasteiger partial charge in [0, 0.05) is 12.1 Å². The molecule has 2 heterocycles. The predicted octanol–water partition coefficient (Wildman–Crippen LogP) is 6.96. The average molecular weight is 637 g/mol. The second kappa shape index (κ2) is 10.4. The lowest BCUT2D eigenvalue weighted by Crippen LogP contribution is -2.07. The van der Waals surface area contributed by atoms with Gasteiger partial charge in [-0.05, 0) is 87.6 Å². The third kappa shape index (κ3) is 7.24. The van der Waals surface area contributed by atoms with Crippen LogP contribution in [0.2, 0.25) is 0 Å². The number of ether oxygens (including phenoxy) is 1. The Labute approximate surface area is 200 Å². The van der Waals surface area contributed by atoms with Crippen molar-refractivity contribution < 1.29 is 22.3 Å². The van der Waals surface area contributed by atoms with Crippen molar-refractivity contribution in [3.8, 4) is 11.8 Å². The van der Waals surface area contributed by atoms with Crippen LogP contribution in [0.1, 0.15) is 45.3 Å². The van der Waals surface area contributed by atoms with E-state index in [1.54, 1.807) is 18.5 Å². The first-order valence-electron chi connectivity index (χ1n) is 8.73. The summed E-state index contributed by atoms with van der Waals surface area (Å²) < 4.78 is 61.2. The standard InChI is InChI=1S/C12H10BrF4N3O.C5H7Br2N3/c1-6(2)20-11(18-10(13)19-20)21-9-4-7(12(15,16)17)3-8(14)5-9;1-3(2)10-5(7)8-4(6)9-10/h3-6H,1-2H3;3H,1-2H3. The fraction of sp³-hybridized carbons (Fsp3) is 0.412. The summed E-state index contributed by atoms with van der Waals surface area (Å²) in [6.45, 7) is 7.68. The molecule has 7 nitrogen and oxygen atoms in total. The zero-order valence-corrected chi connectivity index (χ0v) is 21.4. The van der Waals surface area contributed by atoms with Gasteiger partial charge in [-0.25, -0.2) is 13.8 Å². The molecule has 0 bridgehead atoms. The van der Waals surface area contributed by atoms with Crippen molar-refractivity contribution in [2.24, 2.45) is 0 Å². The van der Waals surface area contributed by atoms with Gasteiger partial charge in [-0.1, -0.05) is 0 Å². The summed E-state index contributed by atoms with van der Waals surface area (Å²) in [5, 5.41) is 8.07. The molecule has 0 aliphatic heterocycles. The Morgan fingerprint density at radius 2 is 1.42 bits per heavy atom. The van der Waals surface area contributed by atoms with Crippen molar-refractivity contribution >= 4 is 47.8 Å². The fourth-order valence-electron chi connectivity index (χ4n) is 2.19. The normalized spacial score (nSPS) is 11.6. The summed E-state index contributed by atoms with van der Waals surface area (Å²) in [6.07, 6.45) is -4.66. The van der Waals surface area contributed by atoms with Gasteiger partial charge in [0.2, 0.25) is 9.47 Å². The van der Waals surface area contributed by atoms with Crippen molar-refractivity contribution in [1.82, 2.24) is 29.5 Å². The molecule has 0 aliphatic carbocycles. The minimum atomic E-state index is -4.66. The van der Waals surface area contributed by atoms with Crippen LogP contribution in [-0.4, -0.2) is 29.5 Å². The van der Waals surface area contributed by atoms with Crippen molar-refractivity contribution in [2.75, 3.05) is 0 Å². The molecule has 0 spiro atoms. The lowest BCUT2D eigenvalue weighted by atomic mass is 10.2. The van der Waals surface area contributed by atoms with E-state index in [4.69, 9.17) is 4.74 Å². The maximum Gasteiger partial charge on any atom is 0.416 e. The second-order valence-electron chi connectivity index (χ2n) is 6.67. The van der Waals surface area contributed by atoms with Crippen LogP contribution in [0.3, 0.4) is 0 Å². The molecule has 0 atom stereocenters. The Kier molecular flexibility index (Phi) is 8.62. The van der Waals surface area contributed by atoms with E-state index in [0.29, 0.717) is 22.9 Å². The Morgan fingerprint density at radius 1 is 0.871 bits per heavy atom. The third-order valence-corrected chi connectivity index (χ3v) is 4.74. The number of aromatic nitrogens is 6. The highest BCUT2D eigenvalue weighted by Gasteiger charge is 2.32. The van der Waals surface area contributed by atoms with Crippen LogP contribution >= 0.6 is 47.8 Å². The number of hydrogen-bond acceptors (Lipinski definition) is 5. The first-order chi connectivity index (χ1) is 14.3. The van der Waals surface area contributed by atoms with Gasteiger partial charge in [-0.3, -0.25) is 0 Å². The number of halogens is 7. The van der Waals surface area contributed by atoms with Crippen LogP contribution in [-0.2, 0) is 6.18 Å². The van der Waals surface area contributed by atoms with Crippen molar-refractivity contribution in [1.29, 1.82) is 0 Å². The molecule has 14 heteroatoms. The fourth-order valence-corrected chi connectivity index (χ4v) is 3.75. The van der Waals surface area contributed by atoms with Crippen LogP contribution in [0, 0.1) is 5.82 Å². The molecule has 0 saturated heterocycles. The van der Waals surface area contributed by atoms with E-state index in [9.17, 15) is 17.6 Å². The van der Waals surface area contributed by atoms with E-state index in [2.05, 4.69) is 68.0 Å². The van der Waals surface area contributed by atoms with Gasteiger partial charge in [-0.15, -0.1) is 10.2 Å². The molecule has 0 N–H and O–H groups in total. The smallest absolute Gasteiger partial charge is 0.416 e. The summed E-state index contributed by atoms with van der Waals surface area (Å²) in [6, 6.07) is 2.13. The van der Waals surface area contributed by atoms with E-state index in [0.717, 1.165) is 10.8 Å². The van der Waals surface area contributed by atoms with Crippen LogP contribution in [0.4, 0.5) is 17.6 Å². The minimum absolute atomic E-state index is 0.0319. The summed E-state index contributed by atoms with van der Waals surface area (Å²) in [5.41, 5.74) is -1.13. The molecule has 3 rings (SSSR count). The molecule has 0 aliphatic rings. The van der Waals surface area contributed by atoms with Crippen molar-refractivity contribution in [2.45, 2.75) is 46.0 Å². The quantitative estimate of drug-likeness (QED) is 0.290. The Morgan fingerprint density at radius 3 is 1.87 bits per heavy atom. The molecule has 3 aromatic rings. The molecule has 0 radical (unpaired) electrons. The maximum absolute atomic E-state index is 13.3. The van der Waals surface area contributed by atoms with Crippen LogP contribution in [0.25, 0.3) is 0 Å².